The summed E-state index contributed by atoms with van der Waals surface area (Å²) in [6.07, 6.45) is 7.21. The van der Waals surface area contributed by atoms with Gasteiger partial charge < -0.3 is 19.6 Å². The minimum Gasteiger partial charge on any atom is -0.495 e. The summed E-state index contributed by atoms with van der Waals surface area (Å²) in [5.41, 5.74) is 1.72. The van der Waals surface area contributed by atoms with E-state index in [9.17, 15) is 5.11 Å². The smallest absolute Gasteiger partial charge is 0.227 e. The highest BCUT2D eigenvalue weighted by molar-refractivity contribution is 5.93. The molecule has 0 bridgehead atoms. The van der Waals surface area contributed by atoms with Crippen molar-refractivity contribution in [1.29, 1.82) is 0 Å². The molecule has 0 saturated carbocycles. The predicted molar refractivity (Wildman–Crippen MR) is 127 cm³/mol. The van der Waals surface area contributed by atoms with E-state index < -0.39 is 6.23 Å². The molecule has 1 N–H and O–H groups in total. The fourth-order valence-electron chi connectivity index (χ4n) is 5.02. The van der Waals surface area contributed by atoms with Crippen molar-refractivity contribution in [3.63, 3.8) is 0 Å². The van der Waals surface area contributed by atoms with E-state index in [-0.39, 0.29) is 0 Å². The fraction of sp³-hybridized carbons (Fsp3) is 0.600. The van der Waals surface area contributed by atoms with Crippen molar-refractivity contribution >= 4 is 22.7 Å². The van der Waals surface area contributed by atoms with Gasteiger partial charge >= 0.3 is 0 Å². The van der Waals surface area contributed by atoms with Crippen molar-refractivity contribution < 1.29 is 9.84 Å². The van der Waals surface area contributed by atoms with Gasteiger partial charge in [-0.2, -0.15) is 4.98 Å². The Hall–Kier alpha value is -2.56. The number of fused-ring (bicyclic) bond motifs is 1. The number of hydrogen-bond acceptors (Lipinski definition) is 7. The maximum Gasteiger partial charge on any atom is 0.227 e. The van der Waals surface area contributed by atoms with Crippen LogP contribution < -0.4 is 14.5 Å². The molecule has 0 amide bonds. The molecule has 3 fully saturated rings. The minimum atomic E-state index is -0.515. The van der Waals surface area contributed by atoms with Gasteiger partial charge in [-0.3, -0.25) is 4.90 Å². The van der Waals surface area contributed by atoms with E-state index in [1.807, 2.05) is 17.0 Å². The van der Waals surface area contributed by atoms with Crippen LogP contribution in [-0.2, 0) is 0 Å². The van der Waals surface area contributed by atoms with Crippen LogP contribution in [0.1, 0.15) is 50.5 Å². The number of piperidine rings is 1. The molecule has 1 unspecified atom stereocenters. The van der Waals surface area contributed by atoms with Gasteiger partial charge in [0.1, 0.15) is 17.8 Å². The topological polar surface area (TPSA) is 65.0 Å². The number of aliphatic hydroxyl groups is 1. The Kier molecular flexibility index (Phi) is 6.33. The molecular formula is C25H33N5O2. The Morgan fingerprint density at radius 1 is 1.00 bits per heavy atom. The van der Waals surface area contributed by atoms with E-state index in [1.54, 1.807) is 7.11 Å². The highest BCUT2D eigenvalue weighted by Gasteiger charge is 2.26. The molecule has 3 saturated heterocycles. The molecule has 7 heteroatoms. The second-order valence-electron chi connectivity index (χ2n) is 9.07. The van der Waals surface area contributed by atoms with Crippen molar-refractivity contribution in [1.82, 2.24) is 14.9 Å². The lowest BCUT2D eigenvalue weighted by Crippen LogP contribution is -2.40. The number of aromatic nitrogens is 2. The summed E-state index contributed by atoms with van der Waals surface area (Å²) in [6, 6.07) is 4.03. The zero-order chi connectivity index (χ0) is 21.9. The molecular weight excluding hydrogens is 402 g/mol. The third kappa shape index (κ3) is 4.35. The highest BCUT2D eigenvalue weighted by Crippen LogP contribution is 2.35. The Morgan fingerprint density at radius 3 is 2.50 bits per heavy atom. The molecule has 170 valence electrons. The normalized spacial score (nSPS) is 21.8. The molecule has 1 aromatic heterocycles. The van der Waals surface area contributed by atoms with Gasteiger partial charge in [-0.15, -0.1) is 0 Å². The number of nitrogens with zero attached hydrogens (tertiary/aromatic N) is 5. The van der Waals surface area contributed by atoms with Crippen LogP contribution in [0.4, 0.5) is 11.8 Å². The van der Waals surface area contributed by atoms with E-state index in [0.717, 1.165) is 92.5 Å². The monoisotopic (exact) mass is 435 g/mol. The van der Waals surface area contributed by atoms with Gasteiger partial charge in [0.15, 0.2) is 0 Å². The van der Waals surface area contributed by atoms with Crippen molar-refractivity contribution in [2.45, 2.75) is 51.2 Å². The van der Waals surface area contributed by atoms with Gasteiger partial charge in [0.25, 0.3) is 0 Å². The van der Waals surface area contributed by atoms with Crippen LogP contribution in [0.5, 0.6) is 5.75 Å². The van der Waals surface area contributed by atoms with E-state index in [2.05, 4.69) is 21.6 Å². The lowest BCUT2D eigenvalue weighted by atomic mass is 10.1. The number of benzene rings is 1. The van der Waals surface area contributed by atoms with Crippen molar-refractivity contribution in [2.75, 3.05) is 56.2 Å². The molecule has 0 spiro atoms. The van der Waals surface area contributed by atoms with E-state index >= 15 is 0 Å². The first-order valence-corrected chi connectivity index (χ1v) is 12.0. The standard InChI is InChI=1S/C25H33N5O2/c1-32-22-18-20-21(17-19(22)9-8-13-28-11-4-5-12-28)26-25(29-14-6-7-15-29)27-24(20)30-16-3-2-10-23(30)31/h17-18,23,31H,2-7,10-16H2,1H3. The average molecular weight is 436 g/mol. The van der Waals surface area contributed by atoms with Crippen LogP contribution >= 0.6 is 0 Å². The van der Waals surface area contributed by atoms with Crippen LogP contribution in [0, 0.1) is 11.8 Å². The van der Waals surface area contributed by atoms with Crippen LogP contribution in [0.2, 0.25) is 0 Å². The Morgan fingerprint density at radius 2 is 1.75 bits per heavy atom. The van der Waals surface area contributed by atoms with Gasteiger partial charge in [-0.1, -0.05) is 11.8 Å². The lowest BCUT2D eigenvalue weighted by Gasteiger charge is -2.34. The molecule has 1 aromatic carbocycles. The lowest BCUT2D eigenvalue weighted by molar-refractivity contribution is 0.139. The van der Waals surface area contributed by atoms with Crippen molar-refractivity contribution in [2.24, 2.45) is 0 Å². The van der Waals surface area contributed by atoms with Crippen LogP contribution in [0.15, 0.2) is 12.1 Å². The summed E-state index contributed by atoms with van der Waals surface area (Å²) in [4.78, 5) is 16.6. The van der Waals surface area contributed by atoms with Gasteiger partial charge in [0, 0.05) is 25.0 Å². The largest absolute Gasteiger partial charge is 0.495 e. The van der Waals surface area contributed by atoms with Crippen LogP contribution in [0.3, 0.4) is 0 Å². The number of ether oxygens (including phenoxy) is 1. The molecule has 3 aliphatic rings. The molecule has 5 rings (SSSR count). The number of rotatable bonds is 4. The average Bonchev–Trinajstić information content (AvgIpc) is 3.53. The second-order valence-corrected chi connectivity index (χ2v) is 9.07. The van der Waals surface area contributed by atoms with Crippen molar-refractivity contribution in [3.8, 4) is 17.6 Å². The molecule has 0 aliphatic carbocycles. The van der Waals surface area contributed by atoms with Crippen molar-refractivity contribution in [3.05, 3.63) is 17.7 Å². The highest BCUT2D eigenvalue weighted by atomic mass is 16.5. The number of hydrogen-bond donors (Lipinski definition) is 1. The SMILES string of the molecule is COc1cc2c(N3CCCCC3O)nc(N3CCCC3)nc2cc1C#CCN1CCCC1. The fourth-order valence-corrected chi connectivity index (χ4v) is 5.02. The summed E-state index contributed by atoms with van der Waals surface area (Å²) >= 11 is 0. The molecule has 3 aliphatic heterocycles. The molecule has 1 atom stereocenters. The number of likely N-dealkylation sites (tertiary alicyclic amines) is 1. The van der Waals surface area contributed by atoms with Crippen LogP contribution in [-0.4, -0.2) is 72.6 Å². The molecule has 32 heavy (non-hydrogen) atoms. The summed E-state index contributed by atoms with van der Waals surface area (Å²) in [7, 11) is 1.68. The summed E-state index contributed by atoms with van der Waals surface area (Å²) < 4.78 is 5.71. The second kappa shape index (κ2) is 9.51. The Labute approximate surface area is 190 Å². The molecule has 7 nitrogen and oxygen atoms in total. The van der Waals surface area contributed by atoms with Gasteiger partial charge in [-0.25, -0.2) is 4.98 Å². The quantitative estimate of drug-likeness (QED) is 0.741. The first kappa shape index (κ1) is 21.3. The minimum absolute atomic E-state index is 0.515. The maximum atomic E-state index is 10.7. The van der Waals surface area contributed by atoms with Crippen LogP contribution in [0.25, 0.3) is 10.9 Å². The van der Waals surface area contributed by atoms with Gasteiger partial charge in [0.05, 0.1) is 24.7 Å². The van der Waals surface area contributed by atoms with E-state index in [4.69, 9.17) is 14.7 Å². The third-order valence-corrected chi connectivity index (χ3v) is 6.84. The Balaban J connectivity index is 1.57. The maximum absolute atomic E-state index is 10.7. The molecule has 4 heterocycles. The van der Waals surface area contributed by atoms with E-state index in [1.165, 1.54) is 25.7 Å². The summed E-state index contributed by atoms with van der Waals surface area (Å²) in [5.74, 6) is 8.95. The zero-order valence-corrected chi connectivity index (χ0v) is 19.0. The zero-order valence-electron chi connectivity index (χ0n) is 19.0. The third-order valence-electron chi connectivity index (χ3n) is 6.84. The molecule has 0 radical (unpaired) electrons. The summed E-state index contributed by atoms with van der Waals surface area (Å²) in [5, 5.41) is 11.6. The number of aliphatic hydroxyl groups excluding tert-OH is 1. The Bertz CT molecular complexity index is 1020. The predicted octanol–water partition coefficient (Wildman–Crippen LogP) is 2.99. The first-order chi connectivity index (χ1) is 15.7. The van der Waals surface area contributed by atoms with Gasteiger partial charge in [0.2, 0.25) is 5.95 Å². The molecule has 2 aromatic rings. The first-order valence-electron chi connectivity index (χ1n) is 12.0. The number of methoxy groups -OCH3 is 1. The van der Waals surface area contributed by atoms with E-state index in [0.29, 0.717) is 0 Å². The number of anilines is 2. The summed E-state index contributed by atoms with van der Waals surface area (Å²) in [6.45, 7) is 5.81. The van der Waals surface area contributed by atoms with Gasteiger partial charge in [-0.05, 0) is 70.2 Å².